The zero-order chi connectivity index (χ0) is 22.7. The number of aliphatic imine (C=N–C) groups is 1. The molecule has 0 unspecified atom stereocenters. The summed E-state index contributed by atoms with van der Waals surface area (Å²) in [4.78, 5) is 16.4. The van der Waals surface area contributed by atoms with Gasteiger partial charge in [-0.25, -0.2) is 14.2 Å². The summed E-state index contributed by atoms with van der Waals surface area (Å²) in [6.45, 7) is 2.40. The molecule has 1 heterocycles. The highest BCUT2D eigenvalue weighted by molar-refractivity contribution is 9.10. The first-order valence-corrected chi connectivity index (χ1v) is 10.6. The third-order valence-electron chi connectivity index (χ3n) is 4.78. The molecule has 5 nitrogen and oxygen atoms in total. The Bertz CT molecular complexity index is 1240. The highest BCUT2D eigenvalue weighted by Crippen LogP contribution is 2.38. The monoisotopic (exact) mass is 495 g/mol. The van der Waals surface area contributed by atoms with E-state index in [0.717, 1.165) is 5.56 Å². The number of aryl methyl sites for hydroxylation is 1. The minimum Gasteiger partial charge on any atom is -0.493 e. The second-order valence-electron chi connectivity index (χ2n) is 7.12. The lowest BCUT2D eigenvalue weighted by Crippen LogP contribution is -2.07. The first-order chi connectivity index (χ1) is 15.4. The van der Waals surface area contributed by atoms with Gasteiger partial charge in [0.05, 0.1) is 17.1 Å². The molecule has 3 aromatic carbocycles. The molecular weight excluding hydrogens is 477 g/mol. The molecule has 0 saturated heterocycles. The van der Waals surface area contributed by atoms with Crippen LogP contribution in [0.25, 0.3) is 6.08 Å². The van der Waals surface area contributed by atoms with Crippen molar-refractivity contribution in [3.8, 4) is 11.5 Å². The molecule has 0 atom stereocenters. The highest BCUT2D eigenvalue weighted by atomic mass is 79.9. The van der Waals surface area contributed by atoms with Gasteiger partial charge in [0.25, 0.3) is 0 Å². The third-order valence-corrected chi connectivity index (χ3v) is 5.37. The molecule has 0 saturated carbocycles. The minimum absolute atomic E-state index is 0.0607. The Hall–Kier alpha value is -3.45. The van der Waals surface area contributed by atoms with E-state index in [9.17, 15) is 9.18 Å². The number of halogens is 2. The number of hydrogen-bond acceptors (Lipinski definition) is 5. The van der Waals surface area contributed by atoms with Crippen molar-refractivity contribution >= 4 is 33.9 Å². The van der Waals surface area contributed by atoms with Crippen molar-refractivity contribution in [3.05, 3.63) is 98.9 Å². The second kappa shape index (κ2) is 9.36. The first kappa shape index (κ1) is 21.8. The van der Waals surface area contributed by atoms with Gasteiger partial charge in [0.15, 0.2) is 17.2 Å². The number of benzene rings is 3. The fraction of sp³-hybridized carbons (Fsp3) is 0.120. The Balaban J connectivity index is 1.59. The summed E-state index contributed by atoms with van der Waals surface area (Å²) >= 11 is 3.51. The molecule has 1 aliphatic rings. The van der Waals surface area contributed by atoms with Crippen molar-refractivity contribution < 1.29 is 23.4 Å². The normalized spacial score (nSPS) is 14.3. The summed E-state index contributed by atoms with van der Waals surface area (Å²) in [5.41, 5.74) is 3.03. The van der Waals surface area contributed by atoms with Gasteiger partial charge in [0.2, 0.25) is 5.90 Å². The largest absolute Gasteiger partial charge is 0.493 e. The van der Waals surface area contributed by atoms with Gasteiger partial charge >= 0.3 is 5.97 Å². The number of methoxy groups -OCH3 is 1. The van der Waals surface area contributed by atoms with Gasteiger partial charge in [-0.1, -0.05) is 42.0 Å². The number of carbonyl (C=O) groups excluding carboxylic acids is 1. The van der Waals surface area contributed by atoms with Crippen molar-refractivity contribution in [2.24, 2.45) is 4.99 Å². The molecule has 0 spiro atoms. The molecule has 1 aliphatic heterocycles. The van der Waals surface area contributed by atoms with Crippen LogP contribution in [0.3, 0.4) is 0 Å². The molecule has 162 valence electrons. The number of carbonyl (C=O) groups is 1. The zero-order valence-corrected chi connectivity index (χ0v) is 19.0. The summed E-state index contributed by atoms with van der Waals surface area (Å²) < 4.78 is 31.3. The Labute approximate surface area is 193 Å². The Morgan fingerprint density at radius 1 is 1.12 bits per heavy atom. The molecule has 0 radical (unpaired) electrons. The maximum atomic E-state index is 14.0. The zero-order valence-electron chi connectivity index (χ0n) is 17.4. The van der Waals surface area contributed by atoms with Gasteiger partial charge in [0, 0.05) is 0 Å². The molecule has 0 N–H and O–H groups in total. The quantitative estimate of drug-likeness (QED) is 0.319. The lowest BCUT2D eigenvalue weighted by Gasteiger charge is -2.14. The minimum atomic E-state index is -0.655. The second-order valence-corrected chi connectivity index (χ2v) is 7.98. The van der Waals surface area contributed by atoms with E-state index in [4.69, 9.17) is 14.2 Å². The lowest BCUT2D eigenvalue weighted by atomic mass is 10.1. The summed E-state index contributed by atoms with van der Waals surface area (Å²) in [6.07, 6.45) is 1.55. The maximum Gasteiger partial charge on any atom is 0.363 e. The Morgan fingerprint density at radius 2 is 1.88 bits per heavy atom. The van der Waals surface area contributed by atoms with E-state index < -0.39 is 11.8 Å². The molecule has 4 rings (SSSR count). The van der Waals surface area contributed by atoms with E-state index in [1.54, 1.807) is 30.3 Å². The average molecular weight is 496 g/mol. The molecule has 32 heavy (non-hydrogen) atoms. The van der Waals surface area contributed by atoms with Crippen molar-refractivity contribution in [2.75, 3.05) is 7.11 Å². The van der Waals surface area contributed by atoms with Crippen molar-refractivity contribution in [3.63, 3.8) is 0 Å². The Kier molecular flexibility index (Phi) is 6.37. The van der Waals surface area contributed by atoms with Gasteiger partial charge in [-0.2, -0.15) is 0 Å². The SMILES string of the molecule is COc1cc(/C=C2\N=C(c3ccccc3F)OC2=O)cc(Br)c1OCc1ccc(C)cc1. The summed E-state index contributed by atoms with van der Waals surface area (Å²) in [6, 6.07) is 17.6. The number of hydrogen-bond donors (Lipinski definition) is 0. The average Bonchev–Trinajstić information content (AvgIpc) is 3.14. The van der Waals surface area contributed by atoms with Crippen LogP contribution in [-0.4, -0.2) is 19.0 Å². The van der Waals surface area contributed by atoms with Crippen LogP contribution in [-0.2, 0) is 16.1 Å². The first-order valence-electron chi connectivity index (χ1n) is 9.78. The number of esters is 1. The highest BCUT2D eigenvalue weighted by Gasteiger charge is 2.26. The summed E-state index contributed by atoms with van der Waals surface area (Å²) in [5.74, 6) is -0.205. The van der Waals surface area contributed by atoms with E-state index in [1.165, 1.54) is 24.8 Å². The van der Waals surface area contributed by atoms with E-state index >= 15 is 0 Å². The fourth-order valence-electron chi connectivity index (χ4n) is 3.12. The van der Waals surface area contributed by atoms with Crippen molar-refractivity contribution in [1.29, 1.82) is 0 Å². The van der Waals surface area contributed by atoms with Gasteiger partial charge in [-0.15, -0.1) is 0 Å². The van der Waals surface area contributed by atoms with Crippen LogP contribution in [0.1, 0.15) is 22.3 Å². The molecular formula is C25H19BrFNO4. The van der Waals surface area contributed by atoms with Crippen LogP contribution in [0.4, 0.5) is 4.39 Å². The summed E-state index contributed by atoms with van der Waals surface area (Å²) in [5, 5.41) is 0. The van der Waals surface area contributed by atoms with E-state index in [0.29, 0.717) is 28.1 Å². The standard InChI is InChI=1S/C25H19BrFNO4/c1-15-7-9-16(10-8-15)14-31-23-19(26)11-17(13-22(23)30-2)12-21-25(29)32-24(28-21)18-5-3-4-6-20(18)27/h3-13H,14H2,1-2H3/b21-12-. The van der Waals surface area contributed by atoms with Gasteiger partial charge < -0.3 is 14.2 Å². The van der Waals surface area contributed by atoms with Crippen LogP contribution >= 0.6 is 15.9 Å². The van der Waals surface area contributed by atoms with Crippen molar-refractivity contribution in [2.45, 2.75) is 13.5 Å². The molecule has 0 fully saturated rings. The number of ether oxygens (including phenoxy) is 3. The molecule has 0 amide bonds. The third kappa shape index (κ3) is 4.73. The topological polar surface area (TPSA) is 57.1 Å². The van der Waals surface area contributed by atoms with Gasteiger partial charge in [0.1, 0.15) is 12.4 Å². The molecule has 3 aromatic rings. The van der Waals surface area contributed by atoms with Gasteiger partial charge in [-0.3, -0.25) is 0 Å². The van der Waals surface area contributed by atoms with Crippen LogP contribution in [0.5, 0.6) is 11.5 Å². The molecule has 0 bridgehead atoms. The lowest BCUT2D eigenvalue weighted by molar-refractivity contribution is -0.129. The Morgan fingerprint density at radius 3 is 2.59 bits per heavy atom. The van der Waals surface area contributed by atoms with Crippen LogP contribution in [0.2, 0.25) is 0 Å². The van der Waals surface area contributed by atoms with E-state index in [1.807, 2.05) is 31.2 Å². The molecule has 0 aliphatic carbocycles. The fourth-order valence-corrected chi connectivity index (χ4v) is 3.69. The number of nitrogens with zero attached hydrogens (tertiary/aromatic N) is 1. The molecule has 7 heteroatoms. The van der Waals surface area contributed by atoms with Crippen LogP contribution in [0, 0.1) is 12.7 Å². The summed E-state index contributed by atoms with van der Waals surface area (Å²) in [7, 11) is 1.54. The van der Waals surface area contributed by atoms with Crippen LogP contribution in [0.15, 0.2) is 75.8 Å². The number of rotatable bonds is 6. The predicted molar refractivity (Wildman–Crippen MR) is 123 cm³/mol. The maximum absolute atomic E-state index is 14.0. The van der Waals surface area contributed by atoms with Crippen molar-refractivity contribution in [1.82, 2.24) is 0 Å². The van der Waals surface area contributed by atoms with E-state index in [-0.39, 0.29) is 17.2 Å². The number of cyclic esters (lactones) is 1. The smallest absolute Gasteiger partial charge is 0.363 e. The molecule has 0 aromatic heterocycles. The van der Waals surface area contributed by atoms with Crippen LogP contribution < -0.4 is 9.47 Å². The van der Waals surface area contributed by atoms with E-state index in [2.05, 4.69) is 20.9 Å². The predicted octanol–water partition coefficient (Wildman–Crippen LogP) is 5.83. The van der Waals surface area contributed by atoms with Gasteiger partial charge in [-0.05, 0) is 64.3 Å².